The molecule has 0 bridgehead atoms. The molecule has 7 nitrogen and oxygen atoms in total. The molecule has 1 aliphatic heterocycles. The molecule has 31 heavy (non-hydrogen) atoms. The number of phenols is 1. The van der Waals surface area contributed by atoms with Gasteiger partial charge in [-0.1, -0.05) is 31.4 Å². The molecular weight excluding hydrogens is 507 g/mol. The van der Waals surface area contributed by atoms with Crippen LogP contribution in [-0.4, -0.2) is 61.2 Å². The standard InChI is InChI=1S/C23H36N4O3.HI/c1-3-24-23(25-14-12-17-10-7-11-20(30-2)21(17)28)26-19-13-15-27(16-19)22(29)18-8-5-4-6-9-18;/h7,10-11,18-19,28H,3-6,8-9,12-16H2,1-2H3,(H2,24,25,26);1H. The number of hydrogen-bond acceptors (Lipinski definition) is 4. The Labute approximate surface area is 203 Å². The molecule has 8 heteroatoms. The minimum absolute atomic E-state index is 0. The summed E-state index contributed by atoms with van der Waals surface area (Å²) in [6.07, 6.45) is 7.31. The van der Waals surface area contributed by atoms with Gasteiger partial charge in [-0.3, -0.25) is 9.79 Å². The van der Waals surface area contributed by atoms with Gasteiger partial charge in [0.05, 0.1) is 7.11 Å². The van der Waals surface area contributed by atoms with Crippen LogP contribution in [0.3, 0.4) is 0 Å². The maximum absolute atomic E-state index is 12.8. The maximum Gasteiger partial charge on any atom is 0.225 e. The van der Waals surface area contributed by atoms with Crippen molar-refractivity contribution in [2.45, 2.75) is 57.9 Å². The third-order valence-electron chi connectivity index (χ3n) is 6.09. The van der Waals surface area contributed by atoms with Gasteiger partial charge in [0.2, 0.25) is 5.91 Å². The minimum atomic E-state index is 0. The molecule has 2 fully saturated rings. The topological polar surface area (TPSA) is 86.2 Å². The molecule has 1 aliphatic carbocycles. The number of guanidine groups is 1. The molecule has 1 aromatic carbocycles. The van der Waals surface area contributed by atoms with E-state index in [0.29, 0.717) is 24.6 Å². The Kier molecular flexibility index (Phi) is 10.7. The van der Waals surface area contributed by atoms with Gasteiger partial charge in [-0.25, -0.2) is 0 Å². The first-order valence-corrected chi connectivity index (χ1v) is 11.3. The van der Waals surface area contributed by atoms with E-state index in [1.807, 2.05) is 24.0 Å². The Hall–Kier alpha value is -1.71. The second-order valence-corrected chi connectivity index (χ2v) is 8.23. The molecule has 1 saturated heterocycles. The molecule has 1 heterocycles. The highest BCUT2D eigenvalue weighted by Gasteiger charge is 2.31. The molecule has 0 aromatic heterocycles. The molecule has 3 rings (SSSR count). The Morgan fingerprint density at radius 2 is 2.03 bits per heavy atom. The summed E-state index contributed by atoms with van der Waals surface area (Å²) >= 11 is 0. The van der Waals surface area contributed by atoms with Crippen molar-refractivity contribution in [1.82, 2.24) is 15.5 Å². The van der Waals surface area contributed by atoms with Gasteiger partial charge in [0.1, 0.15) is 0 Å². The van der Waals surface area contributed by atoms with Gasteiger partial charge in [0.25, 0.3) is 0 Å². The zero-order valence-corrected chi connectivity index (χ0v) is 21.1. The lowest BCUT2D eigenvalue weighted by molar-refractivity contribution is -0.135. The van der Waals surface area contributed by atoms with Crippen LogP contribution in [-0.2, 0) is 11.2 Å². The fraction of sp³-hybridized carbons (Fsp3) is 0.652. The molecule has 1 saturated carbocycles. The third kappa shape index (κ3) is 7.15. The van der Waals surface area contributed by atoms with E-state index in [0.717, 1.165) is 50.4 Å². The lowest BCUT2D eigenvalue weighted by Crippen LogP contribution is -2.45. The Morgan fingerprint density at radius 1 is 1.26 bits per heavy atom. The number of ether oxygens (including phenoxy) is 1. The van der Waals surface area contributed by atoms with E-state index in [1.165, 1.54) is 19.3 Å². The van der Waals surface area contributed by atoms with E-state index >= 15 is 0 Å². The van der Waals surface area contributed by atoms with E-state index < -0.39 is 0 Å². The predicted octanol–water partition coefficient (Wildman–Crippen LogP) is 3.30. The average Bonchev–Trinajstić information content (AvgIpc) is 3.23. The number of amides is 1. The fourth-order valence-electron chi connectivity index (χ4n) is 4.42. The number of halogens is 1. The maximum atomic E-state index is 12.8. The van der Waals surface area contributed by atoms with E-state index in [2.05, 4.69) is 15.6 Å². The Morgan fingerprint density at radius 3 is 2.74 bits per heavy atom. The predicted molar refractivity (Wildman–Crippen MR) is 134 cm³/mol. The summed E-state index contributed by atoms with van der Waals surface area (Å²) in [7, 11) is 1.55. The molecule has 174 valence electrons. The van der Waals surface area contributed by atoms with Crippen molar-refractivity contribution in [2.24, 2.45) is 10.9 Å². The molecule has 1 aromatic rings. The van der Waals surface area contributed by atoms with Crippen LogP contribution in [0.25, 0.3) is 0 Å². The van der Waals surface area contributed by atoms with Crippen LogP contribution >= 0.6 is 24.0 Å². The van der Waals surface area contributed by atoms with Crippen molar-refractivity contribution in [3.63, 3.8) is 0 Å². The van der Waals surface area contributed by atoms with Crippen LogP contribution in [0.5, 0.6) is 11.5 Å². The van der Waals surface area contributed by atoms with Gasteiger partial charge in [-0.15, -0.1) is 24.0 Å². The number of benzene rings is 1. The van der Waals surface area contributed by atoms with Gasteiger partial charge in [-0.2, -0.15) is 0 Å². The molecule has 3 N–H and O–H groups in total. The number of carbonyl (C=O) groups excluding carboxylic acids is 1. The van der Waals surface area contributed by atoms with Gasteiger partial charge < -0.3 is 25.4 Å². The summed E-state index contributed by atoms with van der Waals surface area (Å²) in [5.74, 6) is 2.00. The van der Waals surface area contributed by atoms with Crippen LogP contribution in [0.15, 0.2) is 23.2 Å². The van der Waals surface area contributed by atoms with Gasteiger partial charge in [-0.05, 0) is 44.2 Å². The van der Waals surface area contributed by atoms with Gasteiger partial charge in [0.15, 0.2) is 17.5 Å². The first kappa shape index (κ1) is 25.5. The highest BCUT2D eigenvalue weighted by molar-refractivity contribution is 14.0. The van der Waals surface area contributed by atoms with E-state index in [9.17, 15) is 9.90 Å². The van der Waals surface area contributed by atoms with Crippen molar-refractivity contribution in [3.05, 3.63) is 23.8 Å². The summed E-state index contributed by atoms with van der Waals surface area (Å²) in [5, 5.41) is 17.0. The van der Waals surface area contributed by atoms with E-state index in [4.69, 9.17) is 4.74 Å². The van der Waals surface area contributed by atoms with Crippen molar-refractivity contribution in [3.8, 4) is 11.5 Å². The molecule has 1 atom stereocenters. The zero-order chi connectivity index (χ0) is 21.3. The number of nitrogens with one attached hydrogen (secondary N) is 2. The SMILES string of the molecule is CCNC(=NCCc1cccc(OC)c1O)NC1CCN(C(=O)C2CCCCC2)C1.I. The molecule has 0 spiro atoms. The third-order valence-corrected chi connectivity index (χ3v) is 6.09. The Bertz CT molecular complexity index is 738. The number of rotatable bonds is 7. The van der Waals surface area contributed by atoms with Crippen LogP contribution in [0.1, 0.15) is 51.0 Å². The first-order valence-electron chi connectivity index (χ1n) is 11.3. The number of nitrogens with zero attached hydrogens (tertiary/aromatic N) is 2. The number of hydrogen-bond donors (Lipinski definition) is 3. The van der Waals surface area contributed by atoms with Crippen molar-refractivity contribution >= 4 is 35.8 Å². The number of carbonyl (C=O) groups is 1. The molecule has 1 unspecified atom stereocenters. The normalized spacial score (nSPS) is 19.6. The van der Waals surface area contributed by atoms with Gasteiger partial charge in [0, 0.05) is 38.1 Å². The van der Waals surface area contributed by atoms with Crippen LogP contribution < -0.4 is 15.4 Å². The largest absolute Gasteiger partial charge is 0.504 e. The van der Waals surface area contributed by atoms with Crippen molar-refractivity contribution < 1.29 is 14.6 Å². The smallest absolute Gasteiger partial charge is 0.225 e. The summed E-state index contributed by atoms with van der Waals surface area (Å²) in [5.41, 5.74) is 0.819. The summed E-state index contributed by atoms with van der Waals surface area (Å²) in [6, 6.07) is 5.73. The number of para-hydroxylation sites is 1. The van der Waals surface area contributed by atoms with Crippen molar-refractivity contribution in [2.75, 3.05) is 33.3 Å². The van der Waals surface area contributed by atoms with Crippen LogP contribution in [0.4, 0.5) is 0 Å². The highest BCUT2D eigenvalue weighted by atomic mass is 127. The summed E-state index contributed by atoms with van der Waals surface area (Å²) in [6.45, 7) is 4.93. The number of aromatic hydroxyl groups is 1. The number of likely N-dealkylation sites (tertiary alicyclic amines) is 1. The second-order valence-electron chi connectivity index (χ2n) is 8.23. The van der Waals surface area contributed by atoms with Crippen LogP contribution in [0, 0.1) is 5.92 Å². The summed E-state index contributed by atoms with van der Waals surface area (Å²) < 4.78 is 5.17. The fourth-order valence-corrected chi connectivity index (χ4v) is 4.42. The summed E-state index contributed by atoms with van der Waals surface area (Å²) in [4.78, 5) is 19.5. The number of phenolic OH excluding ortho intramolecular Hbond substituents is 1. The lowest BCUT2D eigenvalue weighted by atomic mass is 9.88. The molecule has 1 amide bonds. The van der Waals surface area contributed by atoms with Crippen LogP contribution in [0.2, 0.25) is 0 Å². The molecule has 2 aliphatic rings. The quantitative estimate of drug-likeness (QED) is 0.279. The minimum Gasteiger partial charge on any atom is -0.504 e. The Balaban J connectivity index is 0.00000341. The molecular formula is C23H37IN4O3. The number of aliphatic imine (C=N–C) groups is 1. The first-order chi connectivity index (χ1) is 14.6. The lowest BCUT2D eigenvalue weighted by Gasteiger charge is -2.26. The highest BCUT2D eigenvalue weighted by Crippen LogP contribution is 2.29. The van der Waals surface area contributed by atoms with Crippen molar-refractivity contribution in [1.29, 1.82) is 0 Å². The monoisotopic (exact) mass is 544 g/mol. The van der Waals surface area contributed by atoms with Gasteiger partial charge >= 0.3 is 0 Å². The second kappa shape index (κ2) is 13.0. The average molecular weight is 544 g/mol. The molecule has 0 radical (unpaired) electrons. The number of methoxy groups -OCH3 is 1. The van der Waals surface area contributed by atoms with E-state index in [1.54, 1.807) is 13.2 Å². The zero-order valence-electron chi connectivity index (χ0n) is 18.7. The van der Waals surface area contributed by atoms with E-state index in [-0.39, 0.29) is 41.7 Å².